The fourth-order valence-electron chi connectivity index (χ4n) is 2.19. The molecule has 110 valence electrons. The molecule has 0 bridgehead atoms. The lowest BCUT2D eigenvalue weighted by Crippen LogP contribution is -2.48. The number of rotatable bonds is 5. The molecule has 0 radical (unpaired) electrons. The third-order valence-electron chi connectivity index (χ3n) is 3.47. The normalized spacial score (nSPS) is 15.9. The first-order valence-electron chi connectivity index (χ1n) is 6.81. The Hall–Kier alpha value is -1.95. The Bertz CT molecular complexity index is 445. The van der Waals surface area contributed by atoms with Crippen LogP contribution in [-0.2, 0) is 0 Å². The summed E-state index contributed by atoms with van der Waals surface area (Å²) in [5, 5.41) is 0. The second kappa shape index (κ2) is 7.00. The third kappa shape index (κ3) is 4.03. The van der Waals surface area contributed by atoms with Crippen molar-refractivity contribution >= 4 is 5.96 Å². The minimum Gasteiger partial charge on any atom is -0.497 e. The molecule has 0 spiro atoms. The Morgan fingerprint density at radius 1 is 1.15 bits per heavy atom. The zero-order valence-corrected chi connectivity index (χ0v) is 11.9. The van der Waals surface area contributed by atoms with Crippen molar-refractivity contribution in [2.45, 2.75) is 0 Å². The number of methoxy groups -OCH3 is 1. The van der Waals surface area contributed by atoms with E-state index in [1.165, 1.54) is 0 Å². The fourth-order valence-corrected chi connectivity index (χ4v) is 2.19. The molecule has 1 aromatic rings. The molecule has 6 heteroatoms. The van der Waals surface area contributed by atoms with Crippen molar-refractivity contribution in [1.29, 1.82) is 0 Å². The first-order chi connectivity index (χ1) is 9.69. The number of hydrogen-bond acceptors (Lipinski definition) is 3. The average Bonchev–Trinajstić information content (AvgIpc) is 2.48. The molecule has 0 aliphatic carbocycles. The smallest absolute Gasteiger partial charge is 0.341 e. The van der Waals surface area contributed by atoms with Gasteiger partial charge >= 0.3 is 5.96 Å². The van der Waals surface area contributed by atoms with E-state index in [0.717, 1.165) is 44.2 Å². The molecule has 0 aromatic heterocycles. The van der Waals surface area contributed by atoms with E-state index in [4.69, 9.17) is 20.9 Å². The highest BCUT2D eigenvalue weighted by molar-refractivity contribution is 5.70. The van der Waals surface area contributed by atoms with Gasteiger partial charge in [0.1, 0.15) is 18.1 Å². The van der Waals surface area contributed by atoms with Gasteiger partial charge in [-0.05, 0) is 24.3 Å². The number of nitrogens with zero attached hydrogens (tertiary/aromatic N) is 2. The zero-order chi connectivity index (χ0) is 14.4. The van der Waals surface area contributed by atoms with Crippen LogP contribution < -0.4 is 20.9 Å². The molecule has 1 aliphatic heterocycles. The molecular formula is C14H23N4O2+. The van der Waals surface area contributed by atoms with Crippen LogP contribution in [0.4, 0.5) is 0 Å². The standard InChI is InChI=1S/C14H22N4O2/c1-19-12-2-4-13(5-3-12)20-11-10-17-6-8-18(9-7-17)14(15)16/h2-5H,6-11H2,1H3,(H3,15,16)/p+1. The number of piperazine rings is 1. The van der Waals surface area contributed by atoms with Crippen molar-refractivity contribution in [1.82, 2.24) is 4.90 Å². The molecule has 0 amide bonds. The maximum atomic E-state index is 5.72. The summed E-state index contributed by atoms with van der Waals surface area (Å²) >= 11 is 0. The molecule has 1 heterocycles. The predicted molar refractivity (Wildman–Crippen MR) is 78.3 cm³/mol. The Kier molecular flexibility index (Phi) is 5.06. The maximum Gasteiger partial charge on any atom is 0.341 e. The summed E-state index contributed by atoms with van der Waals surface area (Å²) in [5.74, 6) is 2.12. The highest BCUT2D eigenvalue weighted by Crippen LogP contribution is 2.16. The van der Waals surface area contributed by atoms with E-state index in [2.05, 4.69) is 4.90 Å². The Morgan fingerprint density at radius 3 is 2.30 bits per heavy atom. The fraction of sp³-hybridized carbons (Fsp3) is 0.500. The van der Waals surface area contributed by atoms with Crippen LogP contribution in [0.25, 0.3) is 0 Å². The summed E-state index contributed by atoms with van der Waals surface area (Å²) in [5.41, 5.74) is 11.2. The van der Waals surface area contributed by atoms with Crippen LogP contribution in [0.2, 0.25) is 0 Å². The summed E-state index contributed by atoms with van der Waals surface area (Å²) < 4.78 is 12.8. The van der Waals surface area contributed by atoms with Crippen LogP contribution in [0.5, 0.6) is 11.5 Å². The van der Waals surface area contributed by atoms with Gasteiger partial charge in [0.2, 0.25) is 0 Å². The van der Waals surface area contributed by atoms with Gasteiger partial charge in [-0.15, -0.1) is 0 Å². The van der Waals surface area contributed by atoms with Crippen molar-refractivity contribution in [2.75, 3.05) is 46.4 Å². The summed E-state index contributed by atoms with van der Waals surface area (Å²) in [6, 6.07) is 7.63. The van der Waals surface area contributed by atoms with Gasteiger partial charge in [-0.1, -0.05) is 0 Å². The molecule has 1 fully saturated rings. The second-order valence-corrected chi connectivity index (χ2v) is 4.78. The van der Waals surface area contributed by atoms with Crippen LogP contribution in [-0.4, -0.2) is 61.9 Å². The van der Waals surface area contributed by atoms with E-state index in [9.17, 15) is 0 Å². The summed E-state index contributed by atoms with van der Waals surface area (Å²) in [7, 11) is 1.65. The highest BCUT2D eigenvalue weighted by Gasteiger charge is 2.16. The molecule has 0 unspecified atom stereocenters. The van der Waals surface area contributed by atoms with Crippen LogP contribution in [0.1, 0.15) is 0 Å². The Labute approximate surface area is 119 Å². The molecule has 4 N–H and O–H groups in total. The highest BCUT2D eigenvalue weighted by atomic mass is 16.5. The third-order valence-corrected chi connectivity index (χ3v) is 3.47. The predicted octanol–water partition coefficient (Wildman–Crippen LogP) is -0.324. The Morgan fingerprint density at radius 2 is 1.75 bits per heavy atom. The van der Waals surface area contributed by atoms with E-state index >= 15 is 0 Å². The van der Waals surface area contributed by atoms with Gasteiger partial charge in [0, 0.05) is 19.6 Å². The van der Waals surface area contributed by atoms with Crippen molar-refractivity contribution in [2.24, 2.45) is 11.5 Å². The topological polar surface area (TPSA) is 76.8 Å². The van der Waals surface area contributed by atoms with E-state index in [-0.39, 0.29) is 0 Å². The molecule has 1 aromatic carbocycles. The van der Waals surface area contributed by atoms with Gasteiger partial charge in [0.25, 0.3) is 0 Å². The molecule has 0 atom stereocenters. The maximum absolute atomic E-state index is 5.72. The van der Waals surface area contributed by atoms with E-state index < -0.39 is 0 Å². The van der Waals surface area contributed by atoms with E-state index in [0.29, 0.717) is 12.6 Å². The molecule has 0 saturated carbocycles. The lowest BCUT2D eigenvalue weighted by Gasteiger charge is -2.27. The summed E-state index contributed by atoms with van der Waals surface area (Å²) in [4.78, 5) is 2.35. The van der Waals surface area contributed by atoms with E-state index in [1.807, 2.05) is 28.8 Å². The van der Waals surface area contributed by atoms with Crippen LogP contribution in [0.3, 0.4) is 0 Å². The molecule has 2 rings (SSSR count). The number of guanidine groups is 1. The number of ether oxygens (including phenoxy) is 2. The van der Waals surface area contributed by atoms with E-state index in [1.54, 1.807) is 7.11 Å². The van der Waals surface area contributed by atoms with Gasteiger partial charge in [0.05, 0.1) is 20.2 Å². The Balaban J connectivity index is 1.70. The van der Waals surface area contributed by atoms with Gasteiger partial charge in [0.15, 0.2) is 0 Å². The van der Waals surface area contributed by atoms with Gasteiger partial charge in [-0.25, -0.2) is 0 Å². The largest absolute Gasteiger partial charge is 0.497 e. The number of benzene rings is 1. The van der Waals surface area contributed by atoms with Crippen LogP contribution in [0, 0.1) is 0 Å². The minimum atomic E-state index is 0.416. The minimum absolute atomic E-state index is 0.416. The first-order valence-corrected chi connectivity index (χ1v) is 6.81. The lowest BCUT2D eigenvalue weighted by atomic mass is 10.3. The lowest BCUT2D eigenvalue weighted by molar-refractivity contribution is -0.541. The van der Waals surface area contributed by atoms with Gasteiger partial charge in [-0.2, -0.15) is 0 Å². The molecule has 1 saturated heterocycles. The van der Waals surface area contributed by atoms with Crippen molar-refractivity contribution in [3.63, 3.8) is 0 Å². The van der Waals surface area contributed by atoms with Crippen molar-refractivity contribution in [3.05, 3.63) is 24.3 Å². The number of nitrogens with two attached hydrogens (primary N) is 2. The average molecular weight is 279 g/mol. The number of hydrogen-bond donors (Lipinski definition) is 2. The van der Waals surface area contributed by atoms with Crippen molar-refractivity contribution in [3.8, 4) is 11.5 Å². The molecular weight excluding hydrogens is 256 g/mol. The first kappa shape index (κ1) is 14.5. The van der Waals surface area contributed by atoms with Gasteiger partial charge < -0.3 is 9.47 Å². The monoisotopic (exact) mass is 279 g/mol. The quantitative estimate of drug-likeness (QED) is 0.570. The SMILES string of the molecule is COc1ccc(OCCN2CC[N+](=C(N)N)CC2)cc1. The van der Waals surface area contributed by atoms with Crippen molar-refractivity contribution < 1.29 is 14.0 Å². The summed E-state index contributed by atoms with van der Waals surface area (Å²) in [6.07, 6.45) is 0. The molecule has 6 nitrogen and oxygen atoms in total. The summed E-state index contributed by atoms with van der Waals surface area (Å²) in [6.45, 7) is 5.27. The zero-order valence-electron chi connectivity index (χ0n) is 11.9. The van der Waals surface area contributed by atoms with Crippen LogP contribution in [0.15, 0.2) is 24.3 Å². The second-order valence-electron chi connectivity index (χ2n) is 4.78. The van der Waals surface area contributed by atoms with Crippen LogP contribution >= 0.6 is 0 Å². The molecule has 1 aliphatic rings. The molecule has 20 heavy (non-hydrogen) atoms. The van der Waals surface area contributed by atoms with Gasteiger partial charge in [-0.3, -0.25) is 20.9 Å².